The molecular weight excluding hydrogens is 377 g/mol. The molecule has 1 N–H and O–H groups in total. The first-order valence-corrected chi connectivity index (χ1v) is 7.76. The second-order valence-corrected chi connectivity index (χ2v) is 5.96. The van der Waals surface area contributed by atoms with Crippen molar-refractivity contribution in [3.63, 3.8) is 0 Å². The lowest BCUT2D eigenvalue weighted by Crippen LogP contribution is -2.07. The van der Waals surface area contributed by atoms with Gasteiger partial charge in [-0.05, 0) is 33.6 Å². The highest BCUT2D eigenvalue weighted by Crippen LogP contribution is 2.26. The molecule has 0 amide bonds. The van der Waals surface area contributed by atoms with Crippen LogP contribution in [0.4, 0.5) is 5.82 Å². The molecule has 1 aromatic heterocycles. The summed E-state index contributed by atoms with van der Waals surface area (Å²) >= 11 is 15.4. The van der Waals surface area contributed by atoms with Crippen molar-refractivity contribution < 1.29 is 4.74 Å². The zero-order valence-electron chi connectivity index (χ0n) is 11.6. The monoisotopic (exact) mass is 389 g/mol. The fourth-order valence-corrected chi connectivity index (χ4v) is 2.66. The first-order valence-electron chi connectivity index (χ1n) is 6.21. The number of methoxy groups -OCH3 is 1. The maximum atomic E-state index is 6.03. The minimum Gasteiger partial charge on any atom is -0.378 e. The van der Waals surface area contributed by atoms with Gasteiger partial charge in [-0.2, -0.15) is 0 Å². The fraction of sp³-hybridized carbons (Fsp3) is 0.286. The van der Waals surface area contributed by atoms with Crippen molar-refractivity contribution in [1.82, 2.24) is 9.97 Å². The minimum absolute atomic E-state index is 0.409. The Bertz CT molecular complexity index is 652. The highest BCUT2D eigenvalue weighted by atomic mass is 79.9. The molecule has 0 fully saturated rings. The molecule has 7 heteroatoms. The molecule has 0 aliphatic heterocycles. The quantitative estimate of drug-likeness (QED) is 0.825. The van der Waals surface area contributed by atoms with Gasteiger partial charge in [-0.15, -0.1) is 0 Å². The van der Waals surface area contributed by atoms with E-state index in [2.05, 4.69) is 31.2 Å². The van der Waals surface area contributed by atoms with E-state index in [9.17, 15) is 0 Å². The lowest BCUT2D eigenvalue weighted by molar-refractivity contribution is 0.180. The van der Waals surface area contributed by atoms with Crippen molar-refractivity contribution in [2.45, 2.75) is 13.0 Å². The molecule has 2 rings (SSSR count). The predicted molar refractivity (Wildman–Crippen MR) is 89.3 cm³/mol. The third-order valence-corrected chi connectivity index (χ3v) is 4.40. The Kier molecular flexibility index (Phi) is 5.81. The highest BCUT2D eigenvalue weighted by molar-refractivity contribution is 9.10. The van der Waals surface area contributed by atoms with Crippen LogP contribution in [0.1, 0.15) is 17.1 Å². The molecule has 0 aliphatic rings. The summed E-state index contributed by atoms with van der Waals surface area (Å²) in [7, 11) is 3.44. The molecule has 0 aliphatic carbocycles. The summed E-state index contributed by atoms with van der Waals surface area (Å²) in [4.78, 5) is 9.00. The van der Waals surface area contributed by atoms with Crippen LogP contribution in [0.5, 0.6) is 0 Å². The first-order chi connectivity index (χ1) is 10.0. The van der Waals surface area contributed by atoms with Crippen LogP contribution in [0.25, 0.3) is 0 Å². The Labute approximate surface area is 142 Å². The van der Waals surface area contributed by atoms with Crippen LogP contribution in [0.15, 0.2) is 22.7 Å². The third-order valence-electron chi connectivity index (χ3n) is 2.83. The topological polar surface area (TPSA) is 47.0 Å². The highest BCUT2D eigenvalue weighted by Gasteiger charge is 2.12. The van der Waals surface area contributed by atoms with Crippen molar-refractivity contribution in [2.75, 3.05) is 19.5 Å². The Morgan fingerprint density at radius 1 is 1.24 bits per heavy atom. The van der Waals surface area contributed by atoms with Gasteiger partial charge in [0.1, 0.15) is 11.6 Å². The van der Waals surface area contributed by atoms with Crippen molar-refractivity contribution in [1.29, 1.82) is 0 Å². The van der Waals surface area contributed by atoms with E-state index in [0.29, 0.717) is 28.9 Å². The zero-order chi connectivity index (χ0) is 15.4. The molecule has 112 valence electrons. The Balaban J connectivity index is 2.34. The molecule has 4 nitrogen and oxygen atoms in total. The molecular formula is C14H14BrCl2N3O. The molecule has 0 spiro atoms. The summed E-state index contributed by atoms with van der Waals surface area (Å²) < 4.78 is 5.97. The second-order valence-electron chi connectivity index (χ2n) is 4.36. The van der Waals surface area contributed by atoms with Gasteiger partial charge < -0.3 is 10.1 Å². The van der Waals surface area contributed by atoms with Crippen molar-refractivity contribution in [3.05, 3.63) is 49.8 Å². The summed E-state index contributed by atoms with van der Waals surface area (Å²) in [5.41, 5.74) is 1.80. The summed E-state index contributed by atoms with van der Waals surface area (Å²) in [6.45, 7) is 0.409. The van der Waals surface area contributed by atoms with Crippen LogP contribution < -0.4 is 5.32 Å². The number of nitrogens with zero attached hydrogens (tertiary/aromatic N) is 2. The average molecular weight is 391 g/mol. The SMILES string of the molecule is CNc1nc(Cc2ccc(Cl)c(Cl)c2)nc(COC)c1Br. The third kappa shape index (κ3) is 4.07. The van der Waals surface area contributed by atoms with Gasteiger partial charge in [-0.3, -0.25) is 0 Å². The van der Waals surface area contributed by atoms with Crippen LogP contribution in [-0.4, -0.2) is 24.1 Å². The Hall–Kier alpha value is -0.880. The lowest BCUT2D eigenvalue weighted by Gasteiger charge is -2.11. The van der Waals surface area contributed by atoms with Crippen molar-refractivity contribution in [3.8, 4) is 0 Å². The van der Waals surface area contributed by atoms with Crippen molar-refractivity contribution in [2.24, 2.45) is 0 Å². The fourth-order valence-electron chi connectivity index (χ4n) is 1.85. The van der Waals surface area contributed by atoms with Crippen LogP contribution in [0.2, 0.25) is 10.0 Å². The number of halogens is 3. The van der Waals surface area contributed by atoms with Crippen LogP contribution in [0.3, 0.4) is 0 Å². The number of rotatable bonds is 5. The van der Waals surface area contributed by atoms with Gasteiger partial charge in [-0.1, -0.05) is 29.3 Å². The molecule has 2 aromatic rings. The van der Waals surface area contributed by atoms with Gasteiger partial charge >= 0.3 is 0 Å². The summed E-state index contributed by atoms with van der Waals surface area (Å²) in [5.74, 6) is 1.42. The normalized spacial score (nSPS) is 10.7. The number of ether oxygens (including phenoxy) is 1. The van der Waals surface area contributed by atoms with Crippen LogP contribution >= 0.6 is 39.1 Å². The van der Waals surface area contributed by atoms with E-state index in [1.165, 1.54) is 0 Å². The van der Waals surface area contributed by atoms with E-state index in [1.807, 2.05) is 19.2 Å². The van der Waals surface area contributed by atoms with Gasteiger partial charge in [0.05, 0.1) is 26.8 Å². The van der Waals surface area contributed by atoms with Crippen LogP contribution in [-0.2, 0) is 17.8 Å². The van der Waals surface area contributed by atoms with E-state index in [4.69, 9.17) is 27.9 Å². The Morgan fingerprint density at radius 2 is 2.00 bits per heavy atom. The van der Waals surface area contributed by atoms with E-state index in [-0.39, 0.29) is 0 Å². The number of hydrogen-bond acceptors (Lipinski definition) is 4. The van der Waals surface area contributed by atoms with Gasteiger partial charge in [0.25, 0.3) is 0 Å². The number of nitrogens with one attached hydrogen (secondary N) is 1. The Morgan fingerprint density at radius 3 is 2.62 bits per heavy atom. The number of hydrogen-bond donors (Lipinski definition) is 1. The molecule has 0 atom stereocenters. The van der Waals surface area contributed by atoms with Gasteiger partial charge in [-0.25, -0.2) is 9.97 Å². The maximum Gasteiger partial charge on any atom is 0.144 e. The van der Waals surface area contributed by atoms with E-state index in [0.717, 1.165) is 21.5 Å². The van der Waals surface area contributed by atoms with Crippen LogP contribution in [0, 0.1) is 0 Å². The van der Waals surface area contributed by atoms with Crippen molar-refractivity contribution >= 4 is 44.9 Å². The second kappa shape index (κ2) is 7.40. The largest absolute Gasteiger partial charge is 0.378 e. The molecule has 0 unspecified atom stereocenters. The lowest BCUT2D eigenvalue weighted by atomic mass is 10.1. The molecule has 0 saturated heterocycles. The van der Waals surface area contributed by atoms with Gasteiger partial charge in [0.15, 0.2) is 0 Å². The summed E-state index contributed by atoms with van der Waals surface area (Å²) in [5, 5.41) is 4.10. The van der Waals surface area contributed by atoms with Gasteiger partial charge in [0.2, 0.25) is 0 Å². The molecule has 0 saturated carbocycles. The predicted octanol–water partition coefficient (Wildman–Crippen LogP) is 4.32. The molecule has 0 radical (unpaired) electrons. The minimum atomic E-state index is 0.409. The smallest absolute Gasteiger partial charge is 0.144 e. The number of benzene rings is 1. The van der Waals surface area contributed by atoms with E-state index in [1.54, 1.807) is 13.2 Å². The first kappa shape index (κ1) is 16.5. The molecule has 1 aromatic carbocycles. The summed E-state index contributed by atoms with van der Waals surface area (Å²) in [6, 6.07) is 5.51. The average Bonchev–Trinajstić information content (AvgIpc) is 2.46. The van der Waals surface area contributed by atoms with E-state index >= 15 is 0 Å². The number of aromatic nitrogens is 2. The number of anilines is 1. The standard InChI is InChI=1S/C14H14BrCl2N3O/c1-18-14-13(15)11(7-21-2)19-12(20-14)6-8-3-4-9(16)10(17)5-8/h3-5H,6-7H2,1-2H3,(H,18,19,20). The summed E-state index contributed by atoms with van der Waals surface area (Å²) in [6.07, 6.45) is 0.565. The van der Waals surface area contributed by atoms with Gasteiger partial charge in [0, 0.05) is 20.6 Å². The molecule has 0 bridgehead atoms. The van der Waals surface area contributed by atoms with E-state index < -0.39 is 0 Å². The maximum absolute atomic E-state index is 6.03. The molecule has 1 heterocycles. The zero-order valence-corrected chi connectivity index (χ0v) is 14.7. The molecule has 21 heavy (non-hydrogen) atoms.